The predicted octanol–water partition coefficient (Wildman–Crippen LogP) is 3.05. The van der Waals surface area contributed by atoms with Crippen molar-refractivity contribution >= 4 is 17.1 Å². The normalized spacial score (nSPS) is 14.4. The van der Waals surface area contributed by atoms with Gasteiger partial charge < -0.3 is 19.1 Å². The maximum absolute atomic E-state index is 13.6. The van der Waals surface area contributed by atoms with Gasteiger partial charge >= 0.3 is 0 Å². The number of benzene rings is 1. The average molecular weight is 497 g/mol. The van der Waals surface area contributed by atoms with Gasteiger partial charge in [0, 0.05) is 35.3 Å². The zero-order valence-electron chi connectivity index (χ0n) is 22.3. The van der Waals surface area contributed by atoms with E-state index in [-0.39, 0.29) is 23.4 Å². The Bertz CT molecular complexity index is 1350. The summed E-state index contributed by atoms with van der Waals surface area (Å²) in [7, 11) is 1.67. The number of aryl methyl sites for hydroxylation is 1. The average Bonchev–Trinajstić information content (AvgIpc) is 3.16. The molecule has 0 saturated carbocycles. The van der Waals surface area contributed by atoms with Crippen molar-refractivity contribution in [3.63, 3.8) is 0 Å². The predicted molar refractivity (Wildman–Crippen MR) is 137 cm³/mol. The molecule has 0 aliphatic carbocycles. The highest BCUT2D eigenvalue weighted by Crippen LogP contribution is 2.40. The first-order valence-electron chi connectivity index (χ1n) is 12.3. The van der Waals surface area contributed by atoms with Gasteiger partial charge in [-0.1, -0.05) is 20.8 Å². The third-order valence-corrected chi connectivity index (χ3v) is 6.60. The molecule has 4 rings (SSSR count). The molecule has 1 aliphatic rings. The second-order valence-corrected chi connectivity index (χ2v) is 10.1. The zero-order valence-corrected chi connectivity index (χ0v) is 22.3. The number of Topliss-reactive ketones (excluding diaryl/α,β-unsaturated/α-hetero) is 1. The van der Waals surface area contributed by atoms with Crippen LogP contribution in [0.1, 0.15) is 54.7 Å². The molecule has 0 amide bonds. The van der Waals surface area contributed by atoms with Gasteiger partial charge in [-0.05, 0) is 38.3 Å². The van der Waals surface area contributed by atoms with Crippen LogP contribution in [0.25, 0.3) is 5.65 Å². The maximum Gasteiger partial charge on any atom is 0.242 e. The SMILES string of the molecule is CCOc1nn2c(=N)n(CC(=O)c3cc(N4CCOCC4)c(OC)c(C(C)(C)C)c3)nc2c(C)c1C. The first-order chi connectivity index (χ1) is 17.1. The third kappa shape index (κ3) is 4.69. The summed E-state index contributed by atoms with van der Waals surface area (Å²) in [6.45, 7) is 15.1. The van der Waals surface area contributed by atoms with Crippen molar-refractivity contribution in [2.24, 2.45) is 0 Å². The van der Waals surface area contributed by atoms with E-state index >= 15 is 0 Å². The van der Waals surface area contributed by atoms with Gasteiger partial charge in [-0.3, -0.25) is 10.2 Å². The molecule has 0 unspecified atom stereocenters. The summed E-state index contributed by atoms with van der Waals surface area (Å²) < 4.78 is 19.8. The Hall–Kier alpha value is -3.40. The highest BCUT2D eigenvalue weighted by molar-refractivity contribution is 5.97. The molecule has 36 heavy (non-hydrogen) atoms. The largest absolute Gasteiger partial charge is 0.494 e. The number of anilines is 1. The Morgan fingerprint density at radius 1 is 1.14 bits per heavy atom. The van der Waals surface area contributed by atoms with Crippen molar-refractivity contribution in [2.45, 2.75) is 53.5 Å². The monoisotopic (exact) mass is 496 g/mol. The van der Waals surface area contributed by atoms with E-state index in [1.54, 1.807) is 7.11 Å². The Labute approximate surface area is 211 Å². The summed E-state index contributed by atoms with van der Waals surface area (Å²) in [6, 6.07) is 3.80. The molecule has 1 aromatic carbocycles. The van der Waals surface area contributed by atoms with Gasteiger partial charge in [0.25, 0.3) is 0 Å². The van der Waals surface area contributed by atoms with E-state index in [4.69, 9.17) is 19.6 Å². The van der Waals surface area contributed by atoms with Gasteiger partial charge in [0.2, 0.25) is 11.5 Å². The van der Waals surface area contributed by atoms with Crippen molar-refractivity contribution in [3.8, 4) is 11.6 Å². The number of hydrogen-bond donors (Lipinski definition) is 1. The van der Waals surface area contributed by atoms with Gasteiger partial charge in [-0.2, -0.15) is 4.52 Å². The van der Waals surface area contributed by atoms with Crippen LogP contribution in [0.4, 0.5) is 5.69 Å². The second kappa shape index (κ2) is 9.93. The Balaban J connectivity index is 1.77. The van der Waals surface area contributed by atoms with Crippen LogP contribution in [0.5, 0.6) is 11.6 Å². The molecule has 0 radical (unpaired) electrons. The van der Waals surface area contributed by atoms with E-state index in [0.29, 0.717) is 36.9 Å². The standard InChI is InChI=1S/C26H36N6O4/c1-8-36-24-17(3)16(2)23-28-31(25(27)32(23)29-24)15-21(33)18-13-19(26(4,5)6)22(34-7)20(14-18)30-9-11-35-12-10-30/h13-14,27H,8-12,15H2,1-7H3. The summed E-state index contributed by atoms with van der Waals surface area (Å²) in [4.78, 5) is 15.8. The molecule has 1 fully saturated rings. The van der Waals surface area contributed by atoms with Crippen LogP contribution in [-0.4, -0.2) is 65.2 Å². The molecule has 0 atom stereocenters. The summed E-state index contributed by atoms with van der Waals surface area (Å²) >= 11 is 0. The van der Waals surface area contributed by atoms with Crippen LogP contribution in [-0.2, 0) is 16.7 Å². The number of ketones is 1. The molecule has 1 saturated heterocycles. The van der Waals surface area contributed by atoms with Crippen molar-refractivity contribution in [1.29, 1.82) is 5.41 Å². The molecule has 2 aromatic heterocycles. The lowest BCUT2D eigenvalue weighted by molar-refractivity contribution is 0.0965. The first kappa shape index (κ1) is 25.7. The van der Waals surface area contributed by atoms with Gasteiger partial charge in [0.05, 0.1) is 32.6 Å². The minimum Gasteiger partial charge on any atom is -0.494 e. The number of ether oxygens (including phenoxy) is 3. The number of carbonyl (C=O) groups excluding carboxylic acids is 1. The minimum atomic E-state index is -0.242. The van der Waals surface area contributed by atoms with Gasteiger partial charge in [-0.15, -0.1) is 10.2 Å². The molecule has 194 valence electrons. The number of hydrogen-bond acceptors (Lipinski definition) is 8. The van der Waals surface area contributed by atoms with Crippen molar-refractivity contribution in [1.82, 2.24) is 19.4 Å². The van der Waals surface area contributed by atoms with Crippen LogP contribution in [0.2, 0.25) is 0 Å². The summed E-state index contributed by atoms with van der Waals surface area (Å²) in [6.07, 6.45) is 0. The van der Waals surface area contributed by atoms with Crippen LogP contribution in [0, 0.1) is 19.3 Å². The molecule has 0 bridgehead atoms. The Morgan fingerprint density at radius 2 is 1.83 bits per heavy atom. The Kier molecular flexibility index (Phi) is 7.08. The topological polar surface area (TPSA) is 107 Å². The van der Waals surface area contributed by atoms with Crippen LogP contribution in [0.15, 0.2) is 12.1 Å². The maximum atomic E-state index is 13.6. The molecule has 10 nitrogen and oxygen atoms in total. The number of nitrogens with zero attached hydrogens (tertiary/aromatic N) is 5. The highest BCUT2D eigenvalue weighted by atomic mass is 16.5. The van der Waals surface area contributed by atoms with Crippen molar-refractivity contribution in [2.75, 3.05) is 44.9 Å². The number of fused-ring (bicyclic) bond motifs is 1. The number of methoxy groups -OCH3 is 1. The lowest BCUT2D eigenvalue weighted by Gasteiger charge is -2.33. The molecule has 1 N–H and O–H groups in total. The fraction of sp³-hybridized carbons (Fsp3) is 0.538. The fourth-order valence-electron chi connectivity index (χ4n) is 4.43. The third-order valence-electron chi connectivity index (χ3n) is 6.60. The quantitative estimate of drug-likeness (QED) is 0.501. The molecule has 3 aromatic rings. The van der Waals surface area contributed by atoms with E-state index in [0.717, 1.165) is 41.2 Å². The number of morpholine rings is 1. The minimum absolute atomic E-state index is 0.0142. The second-order valence-electron chi connectivity index (χ2n) is 10.1. The smallest absolute Gasteiger partial charge is 0.242 e. The molecule has 0 spiro atoms. The van der Waals surface area contributed by atoms with Gasteiger partial charge in [0.15, 0.2) is 11.4 Å². The van der Waals surface area contributed by atoms with E-state index < -0.39 is 0 Å². The first-order valence-corrected chi connectivity index (χ1v) is 12.3. The molecular weight excluding hydrogens is 460 g/mol. The van der Waals surface area contributed by atoms with Crippen LogP contribution < -0.4 is 20.0 Å². The van der Waals surface area contributed by atoms with Crippen LogP contribution in [0.3, 0.4) is 0 Å². The van der Waals surface area contributed by atoms with E-state index in [1.165, 1.54) is 9.20 Å². The van der Waals surface area contributed by atoms with Gasteiger partial charge in [0.1, 0.15) is 12.3 Å². The molecule has 1 aliphatic heterocycles. The summed E-state index contributed by atoms with van der Waals surface area (Å²) in [5, 5.41) is 17.6. The van der Waals surface area contributed by atoms with Crippen molar-refractivity contribution in [3.05, 3.63) is 40.0 Å². The summed E-state index contributed by atoms with van der Waals surface area (Å²) in [5.41, 5.74) is 4.44. The molecule has 3 heterocycles. The molecule has 10 heteroatoms. The number of carbonyl (C=O) groups is 1. The number of rotatable bonds is 7. The van der Waals surface area contributed by atoms with E-state index in [2.05, 4.69) is 35.9 Å². The highest BCUT2D eigenvalue weighted by Gasteiger charge is 2.27. The number of aromatic nitrogens is 4. The lowest BCUT2D eigenvalue weighted by Crippen LogP contribution is -2.37. The van der Waals surface area contributed by atoms with E-state index in [1.807, 2.05) is 32.9 Å². The molecular formula is C26H36N6O4. The summed E-state index contributed by atoms with van der Waals surface area (Å²) in [5.74, 6) is 1.10. The van der Waals surface area contributed by atoms with Crippen LogP contribution >= 0.6 is 0 Å². The van der Waals surface area contributed by atoms with E-state index in [9.17, 15) is 4.79 Å². The number of nitrogens with one attached hydrogen (secondary N) is 1. The lowest BCUT2D eigenvalue weighted by atomic mass is 9.84. The Morgan fingerprint density at radius 3 is 2.44 bits per heavy atom. The zero-order chi connectivity index (χ0) is 26.2. The van der Waals surface area contributed by atoms with Crippen molar-refractivity contribution < 1.29 is 19.0 Å². The van der Waals surface area contributed by atoms with Gasteiger partial charge in [-0.25, -0.2) is 4.68 Å². The fourth-order valence-corrected chi connectivity index (χ4v) is 4.43.